The quantitative estimate of drug-likeness (QED) is 0.924. The molecular weight excluding hydrogens is 262 g/mol. The molecule has 2 rings (SSSR count). The average molecular weight is 274 g/mol. The van der Waals surface area contributed by atoms with E-state index in [-0.39, 0.29) is 11.3 Å². The molecule has 2 aromatic carbocycles. The van der Waals surface area contributed by atoms with Gasteiger partial charge in [0.15, 0.2) is 11.6 Å². The first-order valence-electron chi connectivity index (χ1n) is 5.89. The molecule has 0 aliphatic rings. The van der Waals surface area contributed by atoms with Crippen molar-refractivity contribution in [3.05, 3.63) is 59.2 Å². The summed E-state index contributed by atoms with van der Waals surface area (Å²) in [7, 11) is 1.55. The van der Waals surface area contributed by atoms with Gasteiger partial charge in [-0.1, -0.05) is 18.2 Å². The second kappa shape index (κ2) is 6.13. The van der Waals surface area contributed by atoms with Gasteiger partial charge < -0.3 is 10.1 Å². The van der Waals surface area contributed by atoms with Gasteiger partial charge in [0, 0.05) is 18.4 Å². The summed E-state index contributed by atoms with van der Waals surface area (Å²) in [6.45, 7) is 0.351. The second-order valence-electron chi connectivity index (χ2n) is 4.12. The number of rotatable bonds is 4. The molecule has 0 saturated heterocycles. The SMILES string of the molecule is COCc1ccccc1Nc1ccc(C#N)c(F)c1F. The molecule has 102 valence electrons. The van der Waals surface area contributed by atoms with Crippen molar-refractivity contribution < 1.29 is 13.5 Å². The Kier molecular flexibility index (Phi) is 4.28. The van der Waals surface area contributed by atoms with Crippen LogP contribution in [0.4, 0.5) is 20.2 Å². The van der Waals surface area contributed by atoms with Gasteiger partial charge in [-0.15, -0.1) is 0 Å². The largest absolute Gasteiger partial charge is 0.380 e. The Morgan fingerprint density at radius 3 is 2.55 bits per heavy atom. The van der Waals surface area contributed by atoms with Crippen molar-refractivity contribution in [1.82, 2.24) is 0 Å². The van der Waals surface area contributed by atoms with E-state index in [2.05, 4.69) is 5.32 Å². The average Bonchev–Trinajstić information content (AvgIpc) is 2.46. The minimum absolute atomic E-state index is 0.0231. The van der Waals surface area contributed by atoms with Crippen LogP contribution in [0.25, 0.3) is 0 Å². The number of ether oxygens (including phenoxy) is 1. The number of para-hydroxylation sites is 1. The summed E-state index contributed by atoms with van der Waals surface area (Å²) in [6.07, 6.45) is 0. The molecule has 5 heteroatoms. The molecule has 2 aromatic rings. The highest BCUT2D eigenvalue weighted by atomic mass is 19.2. The van der Waals surface area contributed by atoms with E-state index in [1.807, 2.05) is 12.1 Å². The molecular formula is C15H12F2N2O. The Morgan fingerprint density at radius 2 is 1.85 bits per heavy atom. The Morgan fingerprint density at radius 1 is 1.10 bits per heavy atom. The lowest BCUT2D eigenvalue weighted by Crippen LogP contribution is -2.01. The fourth-order valence-corrected chi connectivity index (χ4v) is 1.80. The minimum Gasteiger partial charge on any atom is -0.380 e. The Bertz CT molecular complexity index is 665. The maximum atomic E-state index is 13.8. The van der Waals surface area contributed by atoms with E-state index < -0.39 is 11.6 Å². The molecule has 0 unspecified atom stereocenters. The second-order valence-corrected chi connectivity index (χ2v) is 4.12. The van der Waals surface area contributed by atoms with Gasteiger partial charge in [0.2, 0.25) is 0 Å². The summed E-state index contributed by atoms with van der Waals surface area (Å²) < 4.78 is 32.4. The van der Waals surface area contributed by atoms with E-state index in [9.17, 15) is 8.78 Å². The zero-order valence-corrected chi connectivity index (χ0v) is 10.8. The zero-order chi connectivity index (χ0) is 14.5. The lowest BCUT2D eigenvalue weighted by molar-refractivity contribution is 0.185. The molecule has 0 atom stereocenters. The third-order valence-electron chi connectivity index (χ3n) is 2.79. The predicted octanol–water partition coefficient (Wildman–Crippen LogP) is 3.73. The van der Waals surface area contributed by atoms with E-state index in [0.717, 1.165) is 5.56 Å². The van der Waals surface area contributed by atoms with Crippen LogP contribution in [-0.4, -0.2) is 7.11 Å². The fraction of sp³-hybridized carbons (Fsp3) is 0.133. The Balaban J connectivity index is 2.36. The topological polar surface area (TPSA) is 45.0 Å². The number of benzene rings is 2. The van der Waals surface area contributed by atoms with Crippen LogP contribution < -0.4 is 5.32 Å². The van der Waals surface area contributed by atoms with Crippen molar-refractivity contribution in [2.24, 2.45) is 0 Å². The highest BCUT2D eigenvalue weighted by molar-refractivity contribution is 5.64. The maximum Gasteiger partial charge on any atom is 0.183 e. The van der Waals surface area contributed by atoms with Crippen molar-refractivity contribution in [3.63, 3.8) is 0 Å². The van der Waals surface area contributed by atoms with Gasteiger partial charge in [0.1, 0.15) is 6.07 Å². The highest BCUT2D eigenvalue weighted by Gasteiger charge is 2.14. The van der Waals surface area contributed by atoms with Crippen LogP contribution in [0.15, 0.2) is 36.4 Å². The summed E-state index contributed by atoms with van der Waals surface area (Å²) >= 11 is 0. The monoisotopic (exact) mass is 274 g/mol. The molecule has 20 heavy (non-hydrogen) atoms. The number of nitriles is 1. The van der Waals surface area contributed by atoms with E-state index in [4.69, 9.17) is 10.00 Å². The van der Waals surface area contributed by atoms with Crippen molar-refractivity contribution in [3.8, 4) is 6.07 Å². The predicted molar refractivity (Wildman–Crippen MR) is 71.5 cm³/mol. The van der Waals surface area contributed by atoms with Crippen LogP contribution in [0, 0.1) is 23.0 Å². The zero-order valence-electron chi connectivity index (χ0n) is 10.8. The number of nitrogens with zero attached hydrogens (tertiary/aromatic N) is 1. The van der Waals surface area contributed by atoms with Crippen LogP contribution in [0.2, 0.25) is 0 Å². The van der Waals surface area contributed by atoms with Crippen LogP contribution in [0.1, 0.15) is 11.1 Å². The lowest BCUT2D eigenvalue weighted by atomic mass is 10.1. The number of halogens is 2. The van der Waals surface area contributed by atoms with Gasteiger partial charge in [-0.05, 0) is 18.2 Å². The van der Waals surface area contributed by atoms with Crippen LogP contribution in [0.3, 0.4) is 0 Å². The van der Waals surface area contributed by atoms with E-state index >= 15 is 0 Å². The first kappa shape index (κ1) is 14.0. The minimum atomic E-state index is -1.15. The third kappa shape index (κ3) is 2.76. The summed E-state index contributed by atoms with van der Waals surface area (Å²) in [5, 5.41) is 11.5. The lowest BCUT2D eigenvalue weighted by Gasteiger charge is -2.12. The smallest absolute Gasteiger partial charge is 0.183 e. The van der Waals surface area contributed by atoms with Crippen molar-refractivity contribution >= 4 is 11.4 Å². The van der Waals surface area contributed by atoms with Crippen molar-refractivity contribution in [2.75, 3.05) is 12.4 Å². The van der Waals surface area contributed by atoms with Crippen molar-refractivity contribution in [2.45, 2.75) is 6.61 Å². The van der Waals surface area contributed by atoms with Crippen LogP contribution in [0.5, 0.6) is 0 Å². The number of methoxy groups -OCH3 is 1. The molecule has 0 heterocycles. The van der Waals surface area contributed by atoms with Gasteiger partial charge in [0.25, 0.3) is 0 Å². The molecule has 0 saturated carbocycles. The summed E-state index contributed by atoms with van der Waals surface area (Å²) in [5.41, 5.74) is 1.10. The summed E-state index contributed by atoms with van der Waals surface area (Å²) in [5.74, 6) is -2.22. The molecule has 0 bridgehead atoms. The highest BCUT2D eigenvalue weighted by Crippen LogP contribution is 2.26. The molecule has 0 aliphatic carbocycles. The molecule has 0 amide bonds. The molecule has 0 radical (unpaired) electrons. The first-order chi connectivity index (χ1) is 9.67. The normalized spacial score (nSPS) is 10.1. The van der Waals surface area contributed by atoms with E-state index in [1.165, 1.54) is 12.1 Å². The Hall–Kier alpha value is -2.45. The number of hydrogen-bond donors (Lipinski definition) is 1. The van der Waals surface area contributed by atoms with E-state index in [1.54, 1.807) is 25.3 Å². The van der Waals surface area contributed by atoms with Gasteiger partial charge in [0.05, 0.1) is 17.9 Å². The van der Waals surface area contributed by atoms with Gasteiger partial charge >= 0.3 is 0 Å². The molecule has 0 aromatic heterocycles. The third-order valence-corrected chi connectivity index (χ3v) is 2.79. The first-order valence-corrected chi connectivity index (χ1v) is 5.89. The maximum absolute atomic E-state index is 13.8. The fourth-order valence-electron chi connectivity index (χ4n) is 1.80. The van der Waals surface area contributed by atoms with Crippen LogP contribution >= 0.6 is 0 Å². The van der Waals surface area contributed by atoms with Crippen molar-refractivity contribution in [1.29, 1.82) is 5.26 Å². The number of hydrogen-bond acceptors (Lipinski definition) is 3. The molecule has 0 spiro atoms. The summed E-state index contributed by atoms with van der Waals surface area (Å²) in [6, 6.07) is 11.3. The van der Waals surface area contributed by atoms with Gasteiger partial charge in [-0.25, -0.2) is 8.78 Å². The molecule has 0 fully saturated rings. The number of nitrogens with one attached hydrogen (secondary N) is 1. The van der Waals surface area contributed by atoms with Crippen LogP contribution in [-0.2, 0) is 11.3 Å². The molecule has 1 N–H and O–H groups in total. The molecule has 3 nitrogen and oxygen atoms in total. The summed E-state index contributed by atoms with van der Waals surface area (Å²) in [4.78, 5) is 0. The van der Waals surface area contributed by atoms with Gasteiger partial charge in [-0.2, -0.15) is 5.26 Å². The van der Waals surface area contributed by atoms with Gasteiger partial charge in [-0.3, -0.25) is 0 Å². The molecule has 0 aliphatic heterocycles. The number of anilines is 2. The Labute approximate surface area is 115 Å². The standard InChI is InChI=1S/C15H12F2N2O/c1-20-9-11-4-2-3-5-12(11)19-13-7-6-10(8-18)14(16)15(13)17/h2-7,19H,9H2,1H3. The van der Waals surface area contributed by atoms with E-state index in [0.29, 0.717) is 12.3 Å².